The van der Waals surface area contributed by atoms with E-state index in [0.717, 1.165) is 6.07 Å². The first-order valence-electron chi connectivity index (χ1n) is 6.80. The fraction of sp³-hybridized carbons (Fsp3) is 0.333. The van der Waals surface area contributed by atoms with Gasteiger partial charge in [0.05, 0.1) is 28.4 Å². The molecule has 0 saturated heterocycles. The van der Waals surface area contributed by atoms with Gasteiger partial charge in [0.25, 0.3) is 0 Å². The molecular formula is C15H13ClF6N2. The minimum absolute atomic E-state index is 0.0203. The van der Waals surface area contributed by atoms with Gasteiger partial charge >= 0.3 is 12.4 Å². The third kappa shape index (κ3) is 4.83. The molecule has 1 aromatic carbocycles. The summed E-state index contributed by atoms with van der Waals surface area (Å²) in [4.78, 5) is 0. The summed E-state index contributed by atoms with van der Waals surface area (Å²) in [7, 11) is 0. The Labute approximate surface area is 139 Å². The van der Waals surface area contributed by atoms with Crippen LogP contribution in [0.25, 0.3) is 11.3 Å². The maximum absolute atomic E-state index is 13.0. The maximum atomic E-state index is 13.0. The Bertz CT molecular complexity index is 665. The van der Waals surface area contributed by atoms with Gasteiger partial charge in [0.1, 0.15) is 0 Å². The molecule has 0 spiro atoms. The van der Waals surface area contributed by atoms with E-state index in [4.69, 9.17) is 11.6 Å². The molecule has 0 N–H and O–H groups in total. The van der Waals surface area contributed by atoms with Crippen LogP contribution in [0.1, 0.15) is 30.7 Å². The lowest BCUT2D eigenvalue weighted by atomic mass is 10.0. The van der Waals surface area contributed by atoms with Gasteiger partial charge in [-0.1, -0.05) is 19.9 Å². The average Bonchev–Trinajstić information content (AvgIpc) is 2.54. The molecule has 1 heterocycles. The molecule has 0 amide bonds. The first-order chi connectivity index (χ1) is 11.1. The van der Waals surface area contributed by atoms with Gasteiger partial charge in [-0.25, -0.2) is 0 Å². The molecule has 0 aliphatic heterocycles. The van der Waals surface area contributed by atoms with E-state index >= 15 is 0 Å². The largest absolute Gasteiger partial charge is 0.417 e. The molecule has 2 aromatic rings. The molecular weight excluding hydrogens is 358 g/mol. The lowest BCUT2D eigenvalue weighted by Gasteiger charge is -2.15. The number of benzene rings is 1. The van der Waals surface area contributed by atoms with Crippen LogP contribution in [-0.4, -0.2) is 10.2 Å². The minimum atomic E-state index is -4.95. The highest BCUT2D eigenvalue weighted by molar-refractivity contribution is 6.16. The Morgan fingerprint density at radius 1 is 0.875 bits per heavy atom. The van der Waals surface area contributed by atoms with Crippen molar-refractivity contribution < 1.29 is 26.3 Å². The molecule has 0 unspecified atom stereocenters. The summed E-state index contributed by atoms with van der Waals surface area (Å²) in [5.74, 6) is 0.0203. The van der Waals surface area contributed by atoms with Crippen LogP contribution in [0.5, 0.6) is 0 Å². The third-order valence-electron chi connectivity index (χ3n) is 2.78. The number of hydrogen-bond acceptors (Lipinski definition) is 2. The van der Waals surface area contributed by atoms with Crippen LogP contribution < -0.4 is 0 Å². The summed E-state index contributed by atoms with van der Waals surface area (Å²) >= 11 is 5.49. The Morgan fingerprint density at radius 2 is 1.50 bits per heavy atom. The summed E-state index contributed by atoms with van der Waals surface area (Å²) in [5, 5.41) is 7.17. The van der Waals surface area contributed by atoms with Crippen molar-refractivity contribution in [2.24, 2.45) is 0 Å². The molecule has 9 heteroatoms. The van der Waals surface area contributed by atoms with Gasteiger partial charge in [-0.2, -0.15) is 36.5 Å². The molecule has 0 aliphatic rings. The zero-order valence-electron chi connectivity index (χ0n) is 12.6. The number of nitrogens with zero attached hydrogens (tertiary/aromatic N) is 2. The highest BCUT2D eigenvalue weighted by Crippen LogP contribution is 2.40. The summed E-state index contributed by atoms with van der Waals surface area (Å²) in [6, 6.07) is 3.94. The van der Waals surface area contributed by atoms with Gasteiger partial charge in [-0.05, 0) is 24.3 Å². The Hall–Kier alpha value is -1.83. The molecule has 132 valence electrons. The summed E-state index contributed by atoms with van der Waals surface area (Å²) < 4.78 is 76.8. The fourth-order valence-corrected chi connectivity index (χ4v) is 1.90. The van der Waals surface area contributed by atoms with Gasteiger partial charge in [-0.15, -0.1) is 11.6 Å². The average molecular weight is 371 g/mol. The van der Waals surface area contributed by atoms with Gasteiger partial charge in [0.15, 0.2) is 0 Å². The second kappa shape index (κ2) is 7.83. The zero-order valence-corrected chi connectivity index (χ0v) is 13.4. The van der Waals surface area contributed by atoms with Crippen molar-refractivity contribution in [2.45, 2.75) is 32.1 Å². The summed E-state index contributed by atoms with van der Waals surface area (Å²) in [6.45, 7) is 4.00. The van der Waals surface area contributed by atoms with Crippen LogP contribution in [0.15, 0.2) is 30.3 Å². The van der Waals surface area contributed by atoms with Gasteiger partial charge in [-0.3, -0.25) is 0 Å². The summed E-state index contributed by atoms with van der Waals surface area (Å²) in [6.07, 6.45) is -9.82. The van der Waals surface area contributed by atoms with E-state index < -0.39 is 29.0 Å². The highest BCUT2D eigenvalue weighted by atomic mass is 35.5. The fourth-order valence-electron chi connectivity index (χ4n) is 1.75. The van der Waals surface area contributed by atoms with Gasteiger partial charge in [0.2, 0.25) is 0 Å². The number of alkyl halides is 7. The number of rotatable bonds is 2. The number of aromatic nitrogens is 2. The first-order valence-corrected chi connectivity index (χ1v) is 7.34. The minimum Gasteiger partial charge on any atom is -0.166 e. The topological polar surface area (TPSA) is 25.8 Å². The third-order valence-corrected chi connectivity index (χ3v) is 3.06. The zero-order chi connectivity index (χ0) is 18.5. The molecule has 24 heavy (non-hydrogen) atoms. The van der Waals surface area contributed by atoms with Crippen molar-refractivity contribution in [1.29, 1.82) is 0 Å². The van der Waals surface area contributed by atoms with Gasteiger partial charge in [0, 0.05) is 5.56 Å². The molecule has 0 radical (unpaired) electrons. The molecule has 0 aliphatic carbocycles. The molecule has 0 saturated carbocycles. The monoisotopic (exact) mass is 370 g/mol. The van der Waals surface area contributed by atoms with Crippen LogP contribution in [-0.2, 0) is 18.2 Å². The Kier molecular flexibility index (Phi) is 6.59. The second-order valence-electron chi connectivity index (χ2n) is 4.30. The second-order valence-corrected chi connectivity index (χ2v) is 4.57. The van der Waals surface area contributed by atoms with Crippen molar-refractivity contribution >= 4 is 11.6 Å². The Balaban J connectivity index is 0.00000139. The number of hydrogen-bond donors (Lipinski definition) is 0. The van der Waals surface area contributed by atoms with E-state index in [1.54, 1.807) is 0 Å². The van der Waals surface area contributed by atoms with E-state index in [1.807, 2.05) is 13.8 Å². The predicted molar refractivity (Wildman–Crippen MR) is 78.4 cm³/mol. The van der Waals surface area contributed by atoms with E-state index in [2.05, 4.69) is 10.2 Å². The standard InChI is InChI=1S/C13H7ClF6N2.C2H6/c14-6-8-2-4-11(22-21-8)9-3-1-7(12(15,16)17)5-10(9)13(18,19)20;1-2/h1-5H,6H2;1-2H3. The smallest absolute Gasteiger partial charge is 0.166 e. The van der Waals surface area contributed by atoms with E-state index in [9.17, 15) is 26.3 Å². The summed E-state index contributed by atoms with van der Waals surface area (Å²) in [5.41, 5.74) is -3.13. The van der Waals surface area contributed by atoms with Crippen molar-refractivity contribution in [3.63, 3.8) is 0 Å². The van der Waals surface area contributed by atoms with E-state index in [-0.39, 0.29) is 17.6 Å². The van der Waals surface area contributed by atoms with E-state index in [1.165, 1.54) is 12.1 Å². The van der Waals surface area contributed by atoms with Crippen LogP contribution in [0.3, 0.4) is 0 Å². The predicted octanol–water partition coefficient (Wildman–Crippen LogP) is 5.95. The molecule has 0 bridgehead atoms. The molecule has 2 nitrogen and oxygen atoms in total. The quantitative estimate of drug-likeness (QED) is 0.482. The van der Waals surface area contributed by atoms with Crippen LogP contribution in [0.2, 0.25) is 0 Å². The lowest BCUT2D eigenvalue weighted by Crippen LogP contribution is -2.12. The van der Waals surface area contributed by atoms with Crippen molar-refractivity contribution in [2.75, 3.05) is 0 Å². The van der Waals surface area contributed by atoms with Crippen molar-refractivity contribution in [3.8, 4) is 11.3 Å². The van der Waals surface area contributed by atoms with E-state index in [0.29, 0.717) is 11.8 Å². The van der Waals surface area contributed by atoms with Crippen molar-refractivity contribution in [3.05, 3.63) is 47.2 Å². The van der Waals surface area contributed by atoms with Gasteiger partial charge < -0.3 is 0 Å². The Morgan fingerprint density at radius 3 is 1.92 bits per heavy atom. The highest BCUT2D eigenvalue weighted by Gasteiger charge is 2.38. The number of halogens is 7. The van der Waals surface area contributed by atoms with Crippen molar-refractivity contribution in [1.82, 2.24) is 10.2 Å². The maximum Gasteiger partial charge on any atom is 0.417 e. The molecule has 0 atom stereocenters. The normalized spacial score (nSPS) is 11.7. The SMILES string of the molecule is CC.FC(F)(F)c1ccc(-c2ccc(CCl)nn2)c(C(F)(F)F)c1. The first kappa shape index (κ1) is 20.2. The van der Waals surface area contributed by atoms with Crippen LogP contribution in [0.4, 0.5) is 26.3 Å². The van der Waals surface area contributed by atoms with Crippen LogP contribution >= 0.6 is 11.6 Å². The molecule has 0 fully saturated rings. The lowest BCUT2D eigenvalue weighted by molar-refractivity contribution is -0.142. The molecule has 2 rings (SSSR count). The molecule has 1 aromatic heterocycles. The van der Waals surface area contributed by atoms with Crippen LogP contribution in [0, 0.1) is 0 Å².